The number of carbonyl (C=O) groups is 1. The molecule has 0 spiro atoms. The molecule has 1 aromatic carbocycles. The first kappa shape index (κ1) is 22.6. The molecule has 1 saturated heterocycles. The second kappa shape index (κ2) is 11.3. The molecule has 0 radical (unpaired) electrons. The van der Waals surface area contributed by atoms with Crippen molar-refractivity contribution in [2.75, 3.05) is 33.4 Å². The van der Waals surface area contributed by atoms with Crippen LogP contribution in [0.1, 0.15) is 50.4 Å². The highest BCUT2D eigenvalue weighted by Crippen LogP contribution is 2.29. The van der Waals surface area contributed by atoms with Gasteiger partial charge >= 0.3 is 0 Å². The Morgan fingerprint density at radius 1 is 1.27 bits per heavy atom. The van der Waals surface area contributed by atoms with Gasteiger partial charge in [-0.2, -0.15) is 0 Å². The monoisotopic (exact) mass is 384 g/mol. The van der Waals surface area contributed by atoms with Gasteiger partial charge in [0.15, 0.2) is 11.5 Å². The summed E-state index contributed by atoms with van der Waals surface area (Å²) in [4.78, 5) is 15.1. The fourth-order valence-electron chi connectivity index (χ4n) is 3.15. The fourth-order valence-corrected chi connectivity index (χ4v) is 3.15. The highest BCUT2D eigenvalue weighted by molar-refractivity contribution is 5.95. The molecule has 0 atom stereocenters. The molecule has 0 aromatic heterocycles. The maximum atomic E-state index is 13.1. The van der Waals surface area contributed by atoms with Crippen LogP contribution in [-0.4, -0.2) is 50.2 Å². The van der Waals surface area contributed by atoms with Crippen molar-refractivity contribution in [2.24, 2.45) is 5.92 Å². The smallest absolute Gasteiger partial charge is 0.254 e. The lowest BCUT2D eigenvalue weighted by molar-refractivity contribution is 0.0642. The van der Waals surface area contributed by atoms with Gasteiger partial charge in [0.25, 0.3) is 5.91 Å². The summed E-state index contributed by atoms with van der Waals surface area (Å²) < 4.78 is 11.2. The predicted molar refractivity (Wildman–Crippen MR) is 108 cm³/mol. The summed E-state index contributed by atoms with van der Waals surface area (Å²) in [5, 5.41) is 3.36. The first-order valence-electron chi connectivity index (χ1n) is 9.39. The van der Waals surface area contributed by atoms with Gasteiger partial charge in [0, 0.05) is 18.2 Å². The molecular weight excluding hydrogens is 352 g/mol. The third-order valence-electron chi connectivity index (χ3n) is 4.46. The number of hydrogen-bond donors (Lipinski definition) is 1. The van der Waals surface area contributed by atoms with E-state index in [4.69, 9.17) is 9.47 Å². The number of methoxy groups -OCH3 is 1. The SMILES string of the molecule is CCCN(C(=O)c1ccc(OCC(C)C)c(OC)c1)C1CCNCC1.Cl. The van der Waals surface area contributed by atoms with E-state index in [0.717, 1.165) is 38.9 Å². The number of ether oxygens (including phenoxy) is 2. The van der Waals surface area contributed by atoms with E-state index in [1.54, 1.807) is 7.11 Å². The number of carbonyl (C=O) groups excluding carboxylic acids is 1. The van der Waals surface area contributed by atoms with E-state index in [1.807, 2.05) is 23.1 Å². The number of nitrogens with zero attached hydrogens (tertiary/aromatic N) is 1. The van der Waals surface area contributed by atoms with Crippen LogP contribution in [0.25, 0.3) is 0 Å². The Morgan fingerprint density at radius 3 is 2.54 bits per heavy atom. The summed E-state index contributed by atoms with van der Waals surface area (Å²) in [7, 11) is 1.61. The molecule has 0 unspecified atom stereocenters. The average Bonchev–Trinajstić information content (AvgIpc) is 2.64. The lowest BCUT2D eigenvalue weighted by Gasteiger charge is -2.34. The summed E-state index contributed by atoms with van der Waals surface area (Å²) in [6.07, 6.45) is 2.99. The van der Waals surface area contributed by atoms with Crippen LogP contribution in [0.3, 0.4) is 0 Å². The van der Waals surface area contributed by atoms with Gasteiger partial charge in [0.05, 0.1) is 13.7 Å². The molecule has 6 heteroatoms. The zero-order chi connectivity index (χ0) is 18.2. The van der Waals surface area contributed by atoms with Crippen LogP contribution < -0.4 is 14.8 Å². The molecule has 0 aliphatic carbocycles. The lowest BCUT2D eigenvalue weighted by Crippen LogP contribution is -2.46. The van der Waals surface area contributed by atoms with Crippen molar-refractivity contribution in [3.05, 3.63) is 23.8 Å². The van der Waals surface area contributed by atoms with Crippen LogP contribution in [0.2, 0.25) is 0 Å². The second-order valence-electron chi connectivity index (χ2n) is 7.05. The highest BCUT2D eigenvalue weighted by atomic mass is 35.5. The number of rotatable bonds is 8. The van der Waals surface area contributed by atoms with E-state index in [0.29, 0.717) is 35.6 Å². The Kier molecular flexibility index (Phi) is 9.81. The molecule has 26 heavy (non-hydrogen) atoms. The summed E-state index contributed by atoms with van der Waals surface area (Å²) in [5.41, 5.74) is 0.667. The second-order valence-corrected chi connectivity index (χ2v) is 7.05. The summed E-state index contributed by atoms with van der Waals surface area (Å²) in [6.45, 7) is 9.69. The molecule has 1 aliphatic heterocycles. The Morgan fingerprint density at radius 2 is 1.96 bits per heavy atom. The molecule has 1 aromatic rings. The third kappa shape index (κ3) is 6.06. The van der Waals surface area contributed by atoms with Crippen molar-refractivity contribution in [3.8, 4) is 11.5 Å². The van der Waals surface area contributed by atoms with Crippen molar-refractivity contribution in [1.82, 2.24) is 10.2 Å². The van der Waals surface area contributed by atoms with Crippen molar-refractivity contribution >= 4 is 18.3 Å². The summed E-state index contributed by atoms with van der Waals surface area (Å²) in [5.74, 6) is 1.83. The molecular formula is C20H33ClN2O3. The summed E-state index contributed by atoms with van der Waals surface area (Å²) >= 11 is 0. The standard InChI is InChI=1S/C20H32N2O3.ClH/c1-5-12-22(17-8-10-21-11-9-17)20(23)16-6-7-18(19(13-16)24-4)25-14-15(2)3;/h6-7,13,15,17,21H,5,8-12,14H2,1-4H3;1H. The quantitative estimate of drug-likeness (QED) is 0.741. The largest absolute Gasteiger partial charge is 0.493 e. The fraction of sp³-hybridized carbons (Fsp3) is 0.650. The van der Waals surface area contributed by atoms with Gasteiger partial charge < -0.3 is 19.7 Å². The van der Waals surface area contributed by atoms with Crippen LogP contribution in [0.4, 0.5) is 0 Å². The van der Waals surface area contributed by atoms with E-state index in [1.165, 1.54) is 0 Å². The Labute approximate surface area is 163 Å². The average molecular weight is 385 g/mol. The maximum absolute atomic E-state index is 13.1. The van der Waals surface area contributed by atoms with Gasteiger partial charge in [-0.25, -0.2) is 0 Å². The van der Waals surface area contributed by atoms with Crippen LogP contribution in [0.15, 0.2) is 18.2 Å². The Balaban J connectivity index is 0.00000338. The molecule has 1 N–H and O–H groups in total. The van der Waals surface area contributed by atoms with E-state index in [2.05, 4.69) is 26.1 Å². The molecule has 0 saturated carbocycles. The van der Waals surface area contributed by atoms with Gasteiger partial charge in [0.2, 0.25) is 0 Å². The van der Waals surface area contributed by atoms with E-state index in [9.17, 15) is 4.79 Å². The predicted octanol–water partition coefficient (Wildman–Crippen LogP) is 3.76. The van der Waals surface area contributed by atoms with Crippen LogP contribution in [0.5, 0.6) is 11.5 Å². The molecule has 5 nitrogen and oxygen atoms in total. The number of hydrogen-bond acceptors (Lipinski definition) is 4. The molecule has 0 bridgehead atoms. The highest BCUT2D eigenvalue weighted by Gasteiger charge is 2.26. The first-order valence-corrected chi connectivity index (χ1v) is 9.39. The van der Waals surface area contributed by atoms with Crippen LogP contribution >= 0.6 is 12.4 Å². The minimum absolute atomic E-state index is 0. The molecule has 148 valence electrons. The van der Waals surface area contributed by atoms with E-state index < -0.39 is 0 Å². The normalized spacial score (nSPS) is 14.7. The van der Waals surface area contributed by atoms with Gasteiger partial charge in [-0.05, 0) is 56.5 Å². The minimum Gasteiger partial charge on any atom is -0.493 e. The van der Waals surface area contributed by atoms with Crippen molar-refractivity contribution in [2.45, 2.75) is 46.1 Å². The van der Waals surface area contributed by atoms with Crippen LogP contribution in [0, 0.1) is 5.92 Å². The zero-order valence-electron chi connectivity index (χ0n) is 16.4. The molecule has 1 fully saturated rings. The third-order valence-corrected chi connectivity index (χ3v) is 4.46. The minimum atomic E-state index is 0. The van der Waals surface area contributed by atoms with Gasteiger partial charge in [-0.3, -0.25) is 4.79 Å². The maximum Gasteiger partial charge on any atom is 0.254 e. The number of amides is 1. The van der Waals surface area contributed by atoms with E-state index in [-0.39, 0.29) is 18.3 Å². The van der Waals surface area contributed by atoms with Crippen LogP contribution in [-0.2, 0) is 0 Å². The number of benzene rings is 1. The molecule has 1 aliphatic rings. The molecule has 2 rings (SSSR count). The Bertz CT molecular complexity index is 560. The van der Waals surface area contributed by atoms with Gasteiger partial charge in [-0.15, -0.1) is 12.4 Å². The molecule has 1 amide bonds. The van der Waals surface area contributed by atoms with Gasteiger partial charge in [-0.1, -0.05) is 20.8 Å². The van der Waals surface area contributed by atoms with Crippen molar-refractivity contribution in [3.63, 3.8) is 0 Å². The van der Waals surface area contributed by atoms with Crippen molar-refractivity contribution in [1.29, 1.82) is 0 Å². The molecule has 1 heterocycles. The zero-order valence-corrected chi connectivity index (χ0v) is 17.2. The van der Waals surface area contributed by atoms with E-state index >= 15 is 0 Å². The lowest BCUT2D eigenvalue weighted by atomic mass is 10.0. The topological polar surface area (TPSA) is 50.8 Å². The Hall–Kier alpha value is -1.46. The first-order chi connectivity index (χ1) is 12.1. The number of nitrogens with one attached hydrogen (secondary N) is 1. The van der Waals surface area contributed by atoms with Gasteiger partial charge in [0.1, 0.15) is 0 Å². The van der Waals surface area contributed by atoms with Crippen molar-refractivity contribution < 1.29 is 14.3 Å². The summed E-state index contributed by atoms with van der Waals surface area (Å²) in [6, 6.07) is 5.82. The number of piperidine rings is 1. The number of halogens is 1.